The highest BCUT2D eigenvalue weighted by atomic mass is 16.5. The maximum Gasteiger partial charge on any atom is 0.333 e. The molecule has 0 aromatic rings. The third-order valence-corrected chi connectivity index (χ3v) is 1.85. The molecule has 0 aromatic carbocycles. The van der Waals surface area contributed by atoms with Crippen LogP contribution in [0.1, 0.15) is 26.2 Å². The molecule has 0 aromatic heterocycles. The van der Waals surface area contributed by atoms with Crippen molar-refractivity contribution in [3.63, 3.8) is 0 Å². The molecule has 0 saturated heterocycles. The summed E-state index contributed by atoms with van der Waals surface area (Å²) in [5.41, 5.74) is 0.411. The van der Waals surface area contributed by atoms with E-state index in [4.69, 9.17) is 14.9 Å². The summed E-state index contributed by atoms with van der Waals surface area (Å²) in [5.74, 6) is -0.800. The van der Waals surface area contributed by atoms with Crippen LogP contribution in [-0.2, 0) is 19.1 Å². The normalized spacial score (nSPS) is 8.95. The van der Waals surface area contributed by atoms with Crippen LogP contribution in [0.15, 0.2) is 24.8 Å². The van der Waals surface area contributed by atoms with Gasteiger partial charge in [-0.2, -0.15) is 0 Å². The van der Waals surface area contributed by atoms with Crippen molar-refractivity contribution in [2.24, 2.45) is 0 Å². The molecule has 6 heteroatoms. The highest BCUT2D eigenvalue weighted by Gasteiger charge is 2.00. The number of carbonyl (C=O) groups excluding carboxylic acids is 2. The van der Waals surface area contributed by atoms with E-state index in [2.05, 4.69) is 17.9 Å². The highest BCUT2D eigenvalue weighted by molar-refractivity contribution is 5.86. The van der Waals surface area contributed by atoms with Crippen molar-refractivity contribution >= 4 is 11.9 Å². The lowest BCUT2D eigenvalue weighted by Crippen LogP contribution is -2.06. The van der Waals surface area contributed by atoms with Crippen molar-refractivity contribution < 1.29 is 29.3 Å². The maximum absolute atomic E-state index is 10.7. The number of hydrogen-bond acceptors (Lipinski definition) is 6. The molecule has 0 bridgehead atoms. The maximum atomic E-state index is 10.7. The first-order valence-electron chi connectivity index (χ1n) is 6.33. The van der Waals surface area contributed by atoms with E-state index >= 15 is 0 Å². The predicted molar refractivity (Wildman–Crippen MR) is 75.0 cm³/mol. The van der Waals surface area contributed by atoms with Gasteiger partial charge in [-0.25, -0.2) is 9.59 Å². The zero-order chi connectivity index (χ0) is 15.8. The standard InChI is InChI=1S/C8H14O3.C6H10O3/c1-7(2)8(10)11-6-4-3-5-9;1-2-6(8)9-5-3-4-7/h9H,1,3-6H2,2H3;2,7H,1,3-5H2. The smallest absolute Gasteiger partial charge is 0.333 e. The second-order valence-electron chi connectivity index (χ2n) is 3.80. The fraction of sp³-hybridized carbons (Fsp3) is 0.571. The summed E-state index contributed by atoms with van der Waals surface area (Å²) in [5, 5.41) is 16.6. The molecule has 0 aliphatic rings. The van der Waals surface area contributed by atoms with Gasteiger partial charge in [0.15, 0.2) is 0 Å². The summed E-state index contributed by atoms with van der Waals surface area (Å²) in [6.45, 7) is 9.06. The summed E-state index contributed by atoms with van der Waals surface area (Å²) in [6.07, 6.45) is 2.95. The molecular formula is C14H24O6. The number of ether oxygens (including phenoxy) is 2. The van der Waals surface area contributed by atoms with Gasteiger partial charge in [0.25, 0.3) is 0 Å². The average molecular weight is 288 g/mol. The zero-order valence-corrected chi connectivity index (χ0v) is 12.0. The Morgan fingerprint density at radius 2 is 1.60 bits per heavy atom. The van der Waals surface area contributed by atoms with E-state index in [9.17, 15) is 9.59 Å². The first kappa shape index (κ1) is 20.7. The van der Waals surface area contributed by atoms with Gasteiger partial charge in [0.2, 0.25) is 0 Å². The van der Waals surface area contributed by atoms with E-state index in [1.54, 1.807) is 6.92 Å². The monoisotopic (exact) mass is 288 g/mol. The molecule has 2 N–H and O–H groups in total. The Morgan fingerprint density at radius 1 is 1.05 bits per heavy atom. The molecule has 0 atom stereocenters. The van der Waals surface area contributed by atoms with Gasteiger partial charge in [0, 0.05) is 31.3 Å². The fourth-order valence-electron chi connectivity index (χ4n) is 0.798. The summed E-state index contributed by atoms with van der Waals surface area (Å²) >= 11 is 0. The topological polar surface area (TPSA) is 93.1 Å². The molecular weight excluding hydrogens is 264 g/mol. The van der Waals surface area contributed by atoms with Crippen molar-refractivity contribution in [1.82, 2.24) is 0 Å². The lowest BCUT2D eigenvalue weighted by molar-refractivity contribution is -0.139. The summed E-state index contributed by atoms with van der Waals surface area (Å²) in [7, 11) is 0. The number of aliphatic hydroxyl groups is 2. The minimum atomic E-state index is -0.441. The van der Waals surface area contributed by atoms with E-state index in [1.807, 2.05) is 0 Å². The van der Waals surface area contributed by atoms with Gasteiger partial charge in [0.05, 0.1) is 13.2 Å². The molecule has 0 aliphatic carbocycles. The van der Waals surface area contributed by atoms with Gasteiger partial charge in [-0.05, 0) is 19.8 Å². The zero-order valence-electron chi connectivity index (χ0n) is 12.0. The second-order valence-corrected chi connectivity index (χ2v) is 3.80. The Balaban J connectivity index is 0. The summed E-state index contributed by atoms with van der Waals surface area (Å²) in [4.78, 5) is 21.0. The molecule has 0 spiro atoms. The minimum Gasteiger partial charge on any atom is -0.462 e. The first-order valence-corrected chi connectivity index (χ1v) is 6.33. The van der Waals surface area contributed by atoms with E-state index in [0.29, 0.717) is 31.4 Å². The van der Waals surface area contributed by atoms with Gasteiger partial charge >= 0.3 is 11.9 Å². The van der Waals surface area contributed by atoms with Crippen LogP contribution in [0.3, 0.4) is 0 Å². The second kappa shape index (κ2) is 15.4. The Labute approximate surface area is 119 Å². The summed E-state index contributed by atoms with van der Waals surface area (Å²) in [6, 6.07) is 0. The van der Waals surface area contributed by atoms with Gasteiger partial charge in [-0.3, -0.25) is 0 Å². The average Bonchev–Trinajstić information content (AvgIpc) is 2.44. The predicted octanol–water partition coefficient (Wildman–Crippen LogP) is 0.976. The van der Waals surface area contributed by atoms with Crippen molar-refractivity contribution in [3.05, 3.63) is 24.8 Å². The molecule has 0 aliphatic heterocycles. The Kier molecular flexibility index (Phi) is 15.9. The third-order valence-electron chi connectivity index (χ3n) is 1.85. The number of rotatable bonds is 9. The largest absolute Gasteiger partial charge is 0.462 e. The van der Waals surface area contributed by atoms with Crippen LogP contribution in [0.25, 0.3) is 0 Å². The van der Waals surface area contributed by atoms with Crippen LogP contribution in [0, 0.1) is 0 Å². The van der Waals surface area contributed by atoms with Gasteiger partial charge in [0.1, 0.15) is 0 Å². The van der Waals surface area contributed by atoms with E-state index < -0.39 is 5.97 Å². The number of carbonyl (C=O) groups is 2. The SMILES string of the molecule is C=C(C)C(=O)OCCCCO.C=CC(=O)OCCCO. The Morgan fingerprint density at radius 3 is 2.05 bits per heavy atom. The van der Waals surface area contributed by atoms with Crippen LogP contribution >= 0.6 is 0 Å². The van der Waals surface area contributed by atoms with Crippen molar-refractivity contribution in [3.8, 4) is 0 Å². The molecule has 0 amide bonds. The molecule has 0 heterocycles. The quantitative estimate of drug-likeness (QED) is 0.373. The van der Waals surface area contributed by atoms with Gasteiger partial charge < -0.3 is 19.7 Å². The van der Waals surface area contributed by atoms with Crippen LogP contribution < -0.4 is 0 Å². The lowest BCUT2D eigenvalue weighted by Gasteiger charge is -2.01. The third kappa shape index (κ3) is 16.3. The van der Waals surface area contributed by atoms with Gasteiger partial charge in [-0.1, -0.05) is 13.2 Å². The van der Waals surface area contributed by atoms with E-state index in [-0.39, 0.29) is 25.8 Å². The molecule has 0 radical (unpaired) electrons. The summed E-state index contributed by atoms with van der Waals surface area (Å²) < 4.78 is 9.27. The Bertz CT molecular complexity index is 298. The van der Waals surface area contributed by atoms with Crippen LogP contribution in [-0.4, -0.2) is 48.6 Å². The first-order chi connectivity index (χ1) is 9.49. The van der Waals surface area contributed by atoms with Gasteiger partial charge in [-0.15, -0.1) is 0 Å². The fourth-order valence-corrected chi connectivity index (χ4v) is 0.798. The number of unbranched alkanes of at least 4 members (excludes halogenated alkanes) is 1. The molecule has 0 saturated carbocycles. The number of esters is 2. The Hall–Kier alpha value is -1.66. The van der Waals surface area contributed by atoms with E-state index in [1.165, 1.54) is 0 Å². The van der Waals surface area contributed by atoms with Crippen molar-refractivity contribution in [1.29, 1.82) is 0 Å². The molecule has 0 unspecified atom stereocenters. The molecule has 0 rings (SSSR count). The van der Waals surface area contributed by atoms with Crippen LogP contribution in [0.2, 0.25) is 0 Å². The molecule has 20 heavy (non-hydrogen) atoms. The van der Waals surface area contributed by atoms with Crippen LogP contribution in [0.5, 0.6) is 0 Å². The minimum absolute atomic E-state index is 0.0461. The lowest BCUT2D eigenvalue weighted by atomic mass is 10.3. The van der Waals surface area contributed by atoms with Crippen molar-refractivity contribution in [2.75, 3.05) is 26.4 Å². The molecule has 6 nitrogen and oxygen atoms in total. The molecule has 116 valence electrons. The van der Waals surface area contributed by atoms with Crippen LogP contribution in [0.4, 0.5) is 0 Å². The van der Waals surface area contributed by atoms with E-state index in [0.717, 1.165) is 6.08 Å². The number of aliphatic hydroxyl groups excluding tert-OH is 2. The van der Waals surface area contributed by atoms with Crippen molar-refractivity contribution in [2.45, 2.75) is 26.2 Å². The highest BCUT2D eigenvalue weighted by Crippen LogP contribution is 1.94. The number of hydrogen-bond donors (Lipinski definition) is 2. The molecule has 0 fully saturated rings.